The van der Waals surface area contributed by atoms with E-state index in [-0.39, 0.29) is 17.9 Å². The Balaban J connectivity index is 1.28. The van der Waals surface area contributed by atoms with E-state index in [1.165, 1.54) is 0 Å². The Morgan fingerprint density at radius 2 is 1.92 bits per heavy atom. The van der Waals surface area contributed by atoms with Gasteiger partial charge in [-0.2, -0.15) is 0 Å². The molecule has 146 valence electrons. The summed E-state index contributed by atoms with van der Waals surface area (Å²) >= 11 is 0. The molecular formula is C20H33N3O3. The topological polar surface area (TPSA) is 53.1 Å². The van der Waals surface area contributed by atoms with Crippen LogP contribution in [-0.4, -0.2) is 85.0 Å². The maximum absolute atomic E-state index is 12.8. The summed E-state index contributed by atoms with van der Waals surface area (Å²) in [5.74, 6) is 1.36. The van der Waals surface area contributed by atoms with Gasteiger partial charge in [-0.05, 0) is 30.6 Å². The largest absolute Gasteiger partial charge is 0.381 e. The molecule has 0 saturated carbocycles. The monoisotopic (exact) mass is 363 g/mol. The second kappa shape index (κ2) is 7.12. The van der Waals surface area contributed by atoms with Gasteiger partial charge in [-0.25, -0.2) is 0 Å². The molecule has 0 N–H and O–H groups in total. The van der Waals surface area contributed by atoms with E-state index in [1.54, 1.807) is 0 Å². The van der Waals surface area contributed by atoms with Crippen molar-refractivity contribution in [2.45, 2.75) is 45.6 Å². The summed E-state index contributed by atoms with van der Waals surface area (Å²) in [5.41, 5.74) is 0.355. The molecule has 4 fully saturated rings. The lowest BCUT2D eigenvalue weighted by Gasteiger charge is -2.45. The van der Waals surface area contributed by atoms with Crippen LogP contribution in [0.2, 0.25) is 0 Å². The fourth-order valence-electron chi connectivity index (χ4n) is 5.37. The van der Waals surface area contributed by atoms with Gasteiger partial charge in [0.1, 0.15) is 0 Å². The number of hydrogen-bond donors (Lipinski definition) is 0. The molecule has 3 atom stereocenters. The van der Waals surface area contributed by atoms with Crippen molar-refractivity contribution < 1.29 is 14.3 Å². The van der Waals surface area contributed by atoms with Gasteiger partial charge in [0.25, 0.3) is 0 Å². The first kappa shape index (κ1) is 18.2. The summed E-state index contributed by atoms with van der Waals surface area (Å²) < 4.78 is 5.52. The summed E-state index contributed by atoms with van der Waals surface area (Å²) in [7, 11) is 0. The summed E-state index contributed by atoms with van der Waals surface area (Å²) in [6.07, 6.45) is 3.82. The van der Waals surface area contributed by atoms with Gasteiger partial charge in [0, 0.05) is 58.3 Å². The molecule has 0 aromatic rings. The second-order valence-electron chi connectivity index (χ2n) is 9.60. The quantitative estimate of drug-likeness (QED) is 0.753. The highest BCUT2D eigenvalue weighted by Crippen LogP contribution is 2.34. The maximum atomic E-state index is 12.8. The van der Waals surface area contributed by atoms with Crippen LogP contribution in [0.3, 0.4) is 0 Å². The van der Waals surface area contributed by atoms with Gasteiger partial charge in [0.15, 0.2) is 0 Å². The van der Waals surface area contributed by atoms with Crippen molar-refractivity contribution in [3.63, 3.8) is 0 Å². The number of amides is 2. The van der Waals surface area contributed by atoms with Crippen molar-refractivity contribution in [1.29, 1.82) is 0 Å². The van der Waals surface area contributed by atoms with Gasteiger partial charge in [0.2, 0.25) is 11.8 Å². The number of carbonyl (C=O) groups excluding carboxylic acids is 2. The van der Waals surface area contributed by atoms with E-state index in [9.17, 15) is 9.59 Å². The van der Waals surface area contributed by atoms with Crippen LogP contribution in [-0.2, 0) is 14.3 Å². The van der Waals surface area contributed by atoms with Crippen LogP contribution in [0.5, 0.6) is 0 Å². The molecule has 0 radical (unpaired) electrons. The first-order valence-corrected chi connectivity index (χ1v) is 10.3. The highest BCUT2D eigenvalue weighted by atomic mass is 16.5. The number of rotatable bonds is 4. The molecule has 1 unspecified atom stereocenters. The second-order valence-corrected chi connectivity index (χ2v) is 9.60. The number of carbonyl (C=O) groups is 2. The predicted octanol–water partition coefficient (Wildman–Crippen LogP) is 1.20. The molecule has 2 amide bonds. The molecule has 0 aromatic heterocycles. The van der Waals surface area contributed by atoms with Crippen molar-refractivity contribution in [1.82, 2.24) is 14.7 Å². The predicted molar refractivity (Wildman–Crippen MR) is 98.6 cm³/mol. The lowest BCUT2D eigenvalue weighted by molar-refractivity contribution is -0.137. The zero-order valence-corrected chi connectivity index (χ0v) is 16.3. The molecule has 0 bridgehead atoms. The van der Waals surface area contributed by atoms with E-state index in [4.69, 9.17) is 4.74 Å². The third-order valence-electron chi connectivity index (χ3n) is 6.60. The third kappa shape index (κ3) is 3.77. The van der Waals surface area contributed by atoms with Gasteiger partial charge in [-0.3, -0.25) is 14.5 Å². The van der Waals surface area contributed by atoms with Crippen molar-refractivity contribution >= 4 is 11.8 Å². The molecule has 6 heteroatoms. The Hall–Kier alpha value is -1.14. The number of nitrogens with zero attached hydrogens (tertiary/aromatic N) is 3. The molecule has 4 rings (SSSR count). The zero-order valence-electron chi connectivity index (χ0n) is 16.3. The lowest BCUT2D eigenvalue weighted by atomic mass is 9.84. The minimum atomic E-state index is 0.239. The minimum absolute atomic E-state index is 0.239. The normalized spacial score (nSPS) is 33.8. The van der Waals surface area contributed by atoms with E-state index < -0.39 is 0 Å². The van der Waals surface area contributed by atoms with Crippen LogP contribution in [0.1, 0.15) is 39.5 Å². The maximum Gasteiger partial charge on any atom is 0.236 e. The van der Waals surface area contributed by atoms with Gasteiger partial charge in [-0.1, -0.05) is 13.8 Å². The van der Waals surface area contributed by atoms with E-state index >= 15 is 0 Å². The number of likely N-dealkylation sites (tertiary alicyclic amines) is 3. The molecule has 4 aliphatic rings. The number of fused-ring (bicyclic) bond motifs is 1. The smallest absolute Gasteiger partial charge is 0.236 e. The molecule has 4 aliphatic heterocycles. The Kier molecular flexibility index (Phi) is 4.99. The van der Waals surface area contributed by atoms with E-state index in [0.717, 1.165) is 65.2 Å². The zero-order chi connectivity index (χ0) is 18.3. The molecule has 6 nitrogen and oxygen atoms in total. The Bertz CT molecular complexity index is 551. The number of hydrogen-bond acceptors (Lipinski definition) is 4. The third-order valence-corrected chi connectivity index (χ3v) is 6.60. The van der Waals surface area contributed by atoms with Gasteiger partial charge in [0.05, 0.1) is 12.6 Å². The fraction of sp³-hybridized carbons (Fsp3) is 0.900. The van der Waals surface area contributed by atoms with E-state index in [0.29, 0.717) is 30.2 Å². The first-order valence-electron chi connectivity index (χ1n) is 10.3. The summed E-state index contributed by atoms with van der Waals surface area (Å²) in [6, 6.07) is 0.240. The molecule has 0 aliphatic carbocycles. The molecule has 4 heterocycles. The Labute approximate surface area is 156 Å². The molecule has 0 spiro atoms. The van der Waals surface area contributed by atoms with Crippen LogP contribution in [0.15, 0.2) is 0 Å². The van der Waals surface area contributed by atoms with Gasteiger partial charge < -0.3 is 14.5 Å². The highest BCUT2D eigenvalue weighted by molar-refractivity contribution is 5.80. The average molecular weight is 364 g/mol. The van der Waals surface area contributed by atoms with E-state index in [1.807, 2.05) is 4.90 Å². The van der Waals surface area contributed by atoms with Crippen molar-refractivity contribution in [2.24, 2.45) is 17.3 Å². The molecular weight excluding hydrogens is 330 g/mol. The van der Waals surface area contributed by atoms with Gasteiger partial charge >= 0.3 is 0 Å². The number of ether oxygens (including phenoxy) is 1. The van der Waals surface area contributed by atoms with Crippen LogP contribution >= 0.6 is 0 Å². The summed E-state index contributed by atoms with van der Waals surface area (Å²) in [5, 5.41) is 0. The Morgan fingerprint density at radius 3 is 2.62 bits per heavy atom. The highest BCUT2D eigenvalue weighted by Gasteiger charge is 2.45. The SMILES string of the molecule is CC1(C)CN(CC(=O)N2C[C@@H]3CCN(C(=O)CC4CCCOC4)[C@@H]3C2)C1. The van der Waals surface area contributed by atoms with Crippen molar-refractivity contribution in [2.75, 3.05) is 52.5 Å². The van der Waals surface area contributed by atoms with Crippen LogP contribution in [0.4, 0.5) is 0 Å². The van der Waals surface area contributed by atoms with Crippen LogP contribution < -0.4 is 0 Å². The Morgan fingerprint density at radius 1 is 1.12 bits per heavy atom. The van der Waals surface area contributed by atoms with Crippen molar-refractivity contribution in [3.05, 3.63) is 0 Å². The average Bonchev–Trinajstić information content (AvgIpc) is 3.14. The van der Waals surface area contributed by atoms with E-state index in [2.05, 4.69) is 23.6 Å². The first-order chi connectivity index (χ1) is 12.4. The standard InChI is InChI=1S/C20H33N3O3/c1-20(2)13-21(14-20)11-19(25)22-9-16-5-6-23(17(16)10-22)18(24)8-15-4-3-7-26-12-15/h15-17H,3-14H2,1-2H3/t15?,16-,17+/m0/s1. The van der Waals surface area contributed by atoms with Crippen LogP contribution in [0.25, 0.3) is 0 Å². The molecule has 0 aromatic carbocycles. The minimum Gasteiger partial charge on any atom is -0.381 e. The summed E-state index contributed by atoms with van der Waals surface area (Å²) in [6.45, 7) is 11.0. The van der Waals surface area contributed by atoms with Gasteiger partial charge in [-0.15, -0.1) is 0 Å². The lowest BCUT2D eigenvalue weighted by Crippen LogP contribution is -2.56. The molecule has 26 heavy (non-hydrogen) atoms. The molecule has 4 saturated heterocycles. The van der Waals surface area contributed by atoms with Crippen LogP contribution in [0, 0.1) is 17.3 Å². The summed E-state index contributed by atoms with van der Waals surface area (Å²) in [4.78, 5) is 31.8. The van der Waals surface area contributed by atoms with Crippen molar-refractivity contribution in [3.8, 4) is 0 Å². The fourth-order valence-corrected chi connectivity index (χ4v) is 5.37.